The molecule has 0 aromatic heterocycles. The number of aliphatic hydroxyl groups is 1. The molecule has 2 atom stereocenters. The molecule has 132 valence electrons. The number of hydrazine groups is 1. The van der Waals surface area contributed by atoms with E-state index in [4.69, 9.17) is 0 Å². The first kappa shape index (κ1) is 18.7. The minimum atomic E-state index is -1.31. The number of carbonyl (C=O) groups is 2. The molecule has 0 saturated heterocycles. The van der Waals surface area contributed by atoms with E-state index in [2.05, 4.69) is 10.9 Å². The summed E-state index contributed by atoms with van der Waals surface area (Å²) < 4.78 is 0. The van der Waals surface area contributed by atoms with E-state index in [9.17, 15) is 14.7 Å². The standard InChI is InChI=1S/C20H24N2O3/c1-3-17(15-10-6-4-7-11-15)19(24)22-21-18(23)14-20(2,25)16-12-8-5-9-13-16/h4-13,17,25H,3,14H2,1-2H3,(H,21,23)(H,22,24). The van der Waals surface area contributed by atoms with Crippen molar-refractivity contribution in [1.29, 1.82) is 0 Å². The number of rotatable bonds is 6. The van der Waals surface area contributed by atoms with Crippen LogP contribution in [0.2, 0.25) is 0 Å². The van der Waals surface area contributed by atoms with E-state index in [0.717, 1.165) is 5.56 Å². The Balaban J connectivity index is 1.92. The predicted molar refractivity (Wildman–Crippen MR) is 96.4 cm³/mol. The topological polar surface area (TPSA) is 78.4 Å². The van der Waals surface area contributed by atoms with Gasteiger partial charge in [-0.2, -0.15) is 0 Å². The molecule has 0 heterocycles. The number of amides is 2. The lowest BCUT2D eigenvalue weighted by atomic mass is 9.92. The van der Waals surface area contributed by atoms with E-state index in [0.29, 0.717) is 12.0 Å². The number of hydrogen-bond acceptors (Lipinski definition) is 3. The Morgan fingerprint density at radius 3 is 2.12 bits per heavy atom. The largest absolute Gasteiger partial charge is 0.385 e. The maximum absolute atomic E-state index is 12.3. The van der Waals surface area contributed by atoms with Crippen molar-refractivity contribution in [2.75, 3.05) is 0 Å². The number of benzene rings is 2. The average Bonchev–Trinajstić information content (AvgIpc) is 2.62. The van der Waals surface area contributed by atoms with Gasteiger partial charge in [0.25, 0.3) is 0 Å². The molecule has 5 heteroatoms. The van der Waals surface area contributed by atoms with Crippen LogP contribution in [-0.2, 0) is 15.2 Å². The van der Waals surface area contributed by atoms with Crippen LogP contribution >= 0.6 is 0 Å². The molecule has 2 unspecified atom stereocenters. The van der Waals surface area contributed by atoms with E-state index < -0.39 is 11.5 Å². The van der Waals surface area contributed by atoms with E-state index in [1.54, 1.807) is 31.2 Å². The molecule has 0 bridgehead atoms. The van der Waals surface area contributed by atoms with Crippen LogP contribution in [0, 0.1) is 0 Å². The fourth-order valence-electron chi connectivity index (χ4n) is 2.73. The molecule has 0 aliphatic rings. The van der Waals surface area contributed by atoms with Crippen LogP contribution in [0.5, 0.6) is 0 Å². The lowest BCUT2D eigenvalue weighted by molar-refractivity contribution is -0.132. The molecule has 3 N–H and O–H groups in total. The van der Waals surface area contributed by atoms with Crippen molar-refractivity contribution in [3.63, 3.8) is 0 Å². The minimum absolute atomic E-state index is 0.153. The molecule has 5 nitrogen and oxygen atoms in total. The van der Waals surface area contributed by atoms with Crippen LogP contribution in [0.1, 0.15) is 43.7 Å². The van der Waals surface area contributed by atoms with Crippen molar-refractivity contribution < 1.29 is 14.7 Å². The van der Waals surface area contributed by atoms with Crippen LogP contribution in [0.25, 0.3) is 0 Å². The van der Waals surface area contributed by atoms with Crippen molar-refractivity contribution >= 4 is 11.8 Å². The molecule has 2 amide bonds. The maximum Gasteiger partial charge on any atom is 0.245 e. The highest BCUT2D eigenvalue weighted by molar-refractivity contribution is 5.86. The smallest absolute Gasteiger partial charge is 0.245 e. The van der Waals surface area contributed by atoms with Gasteiger partial charge in [-0.25, -0.2) is 0 Å². The first-order valence-corrected chi connectivity index (χ1v) is 8.35. The lowest BCUT2D eigenvalue weighted by Gasteiger charge is -2.23. The molecular formula is C20H24N2O3. The Bertz CT molecular complexity index is 699. The van der Waals surface area contributed by atoms with E-state index in [1.807, 2.05) is 43.3 Å². The Hall–Kier alpha value is -2.66. The van der Waals surface area contributed by atoms with Gasteiger partial charge >= 0.3 is 0 Å². The first-order valence-electron chi connectivity index (χ1n) is 8.35. The zero-order valence-corrected chi connectivity index (χ0v) is 14.5. The summed E-state index contributed by atoms with van der Waals surface area (Å²) in [7, 11) is 0. The van der Waals surface area contributed by atoms with Crippen molar-refractivity contribution in [2.24, 2.45) is 0 Å². The van der Waals surface area contributed by atoms with Crippen molar-refractivity contribution in [2.45, 2.75) is 38.2 Å². The molecule has 2 aromatic carbocycles. The summed E-state index contributed by atoms with van der Waals surface area (Å²) in [5, 5.41) is 10.5. The van der Waals surface area contributed by atoms with Crippen LogP contribution in [0.15, 0.2) is 60.7 Å². The van der Waals surface area contributed by atoms with Gasteiger partial charge in [-0.3, -0.25) is 20.4 Å². The summed E-state index contributed by atoms with van der Waals surface area (Å²) in [6.45, 7) is 3.49. The Morgan fingerprint density at radius 1 is 1.00 bits per heavy atom. The monoisotopic (exact) mass is 340 g/mol. The van der Waals surface area contributed by atoms with Gasteiger partial charge in [0.05, 0.1) is 17.9 Å². The summed E-state index contributed by atoms with van der Waals surface area (Å²) in [5.41, 5.74) is 5.09. The minimum Gasteiger partial charge on any atom is -0.385 e. The normalized spacial score (nSPS) is 14.2. The van der Waals surface area contributed by atoms with Gasteiger partial charge in [-0.05, 0) is 24.5 Å². The molecule has 0 aliphatic carbocycles. The number of hydrogen-bond donors (Lipinski definition) is 3. The second kappa shape index (κ2) is 8.44. The third-order valence-electron chi connectivity index (χ3n) is 4.15. The Labute approximate surface area is 148 Å². The zero-order chi connectivity index (χ0) is 18.3. The Kier molecular flexibility index (Phi) is 6.31. The molecule has 25 heavy (non-hydrogen) atoms. The fourth-order valence-corrected chi connectivity index (χ4v) is 2.73. The quantitative estimate of drug-likeness (QED) is 0.707. The second-order valence-corrected chi connectivity index (χ2v) is 6.23. The van der Waals surface area contributed by atoms with Gasteiger partial charge in [-0.1, -0.05) is 67.6 Å². The summed E-state index contributed by atoms with van der Waals surface area (Å²) in [5.74, 6) is -1.07. The highest BCUT2D eigenvalue weighted by Crippen LogP contribution is 2.24. The molecule has 0 aliphatic heterocycles. The van der Waals surface area contributed by atoms with Crippen LogP contribution < -0.4 is 10.9 Å². The Morgan fingerprint density at radius 2 is 1.56 bits per heavy atom. The molecule has 2 aromatic rings. The molecular weight excluding hydrogens is 316 g/mol. The van der Waals surface area contributed by atoms with Gasteiger partial charge in [0.1, 0.15) is 0 Å². The van der Waals surface area contributed by atoms with Crippen LogP contribution in [0.4, 0.5) is 0 Å². The SMILES string of the molecule is CCC(C(=O)NNC(=O)CC(C)(O)c1ccccc1)c1ccccc1. The number of carbonyl (C=O) groups excluding carboxylic acids is 2. The van der Waals surface area contributed by atoms with Gasteiger partial charge in [0.2, 0.25) is 11.8 Å². The van der Waals surface area contributed by atoms with Crippen molar-refractivity contribution in [1.82, 2.24) is 10.9 Å². The van der Waals surface area contributed by atoms with Crippen molar-refractivity contribution in [3.8, 4) is 0 Å². The number of nitrogens with one attached hydrogen (secondary N) is 2. The summed E-state index contributed by atoms with van der Waals surface area (Å²) >= 11 is 0. The lowest BCUT2D eigenvalue weighted by Crippen LogP contribution is -2.45. The second-order valence-electron chi connectivity index (χ2n) is 6.23. The van der Waals surface area contributed by atoms with Gasteiger partial charge in [0.15, 0.2) is 0 Å². The highest BCUT2D eigenvalue weighted by atomic mass is 16.3. The van der Waals surface area contributed by atoms with E-state index >= 15 is 0 Å². The van der Waals surface area contributed by atoms with E-state index in [-0.39, 0.29) is 18.2 Å². The summed E-state index contributed by atoms with van der Waals surface area (Å²) in [4.78, 5) is 24.4. The van der Waals surface area contributed by atoms with Gasteiger partial charge in [0, 0.05) is 0 Å². The molecule has 0 radical (unpaired) electrons. The molecule has 2 rings (SSSR count). The summed E-state index contributed by atoms with van der Waals surface area (Å²) in [6, 6.07) is 18.4. The molecule has 0 spiro atoms. The van der Waals surface area contributed by atoms with Crippen molar-refractivity contribution in [3.05, 3.63) is 71.8 Å². The van der Waals surface area contributed by atoms with Crippen LogP contribution in [-0.4, -0.2) is 16.9 Å². The first-order chi connectivity index (χ1) is 11.9. The average molecular weight is 340 g/mol. The molecule has 0 fully saturated rings. The van der Waals surface area contributed by atoms with Gasteiger partial charge < -0.3 is 5.11 Å². The molecule has 0 saturated carbocycles. The van der Waals surface area contributed by atoms with E-state index in [1.165, 1.54) is 0 Å². The third-order valence-corrected chi connectivity index (χ3v) is 4.15. The van der Waals surface area contributed by atoms with Crippen LogP contribution in [0.3, 0.4) is 0 Å². The highest BCUT2D eigenvalue weighted by Gasteiger charge is 2.27. The maximum atomic E-state index is 12.3. The van der Waals surface area contributed by atoms with Gasteiger partial charge in [-0.15, -0.1) is 0 Å². The third kappa shape index (κ3) is 5.16. The summed E-state index contributed by atoms with van der Waals surface area (Å²) in [6.07, 6.45) is 0.465. The zero-order valence-electron chi connectivity index (χ0n) is 14.5. The fraction of sp³-hybridized carbons (Fsp3) is 0.300. The predicted octanol–water partition coefficient (Wildman–Crippen LogP) is 2.63.